The molecule has 266 valence electrons. The van der Waals surface area contributed by atoms with E-state index in [4.69, 9.17) is 9.98 Å². The number of aliphatic imine (C=N–C) groups is 2. The highest BCUT2D eigenvalue weighted by molar-refractivity contribution is 7.00. The van der Waals surface area contributed by atoms with Crippen molar-refractivity contribution >= 4 is 101 Å². The number of nitrogens with zero attached hydrogens (tertiary/aromatic N) is 2. The van der Waals surface area contributed by atoms with E-state index in [1.807, 2.05) is 12.1 Å². The largest absolute Gasteiger partial charge is 0.248 e. The molecule has 0 unspecified atom stereocenters. The van der Waals surface area contributed by atoms with Crippen LogP contribution in [0.3, 0.4) is 0 Å². The van der Waals surface area contributed by atoms with Gasteiger partial charge in [0.2, 0.25) is 13.4 Å². The van der Waals surface area contributed by atoms with E-state index in [0.717, 1.165) is 22.8 Å². The van der Waals surface area contributed by atoms with Gasteiger partial charge in [-0.05, 0) is 78.8 Å². The highest BCUT2D eigenvalue weighted by Gasteiger charge is 2.37. The third-order valence-corrected chi connectivity index (χ3v) is 12.5. The molecule has 12 rings (SSSR count). The summed E-state index contributed by atoms with van der Waals surface area (Å²) >= 11 is 0. The zero-order valence-electron chi connectivity index (χ0n) is 31.7. The van der Waals surface area contributed by atoms with Crippen molar-refractivity contribution in [3.63, 3.8) is 0 Å². The highest BCUT2D eigenvalue weighted by atomic mass is 14.8. The van der Waals surface area contributed by atoms with Gasteiger partial charge in [0.25, 0.3) is 0 Å². The normalized spacial score (nSPS) is 13.0. The smallest absolute Gasteiger partial charge is 0.243 e. The summed E-state index contributed by atoms with van der Waals surface area (Å²) in [6, 6.07) is 75.0. The number of benzene rings is 10. The van der Waals surface area contributed by atoms with Crippen LogP contribution in [-0.2, 0) is 0 Å². The molecule has 0 bridgehead atoms. The lowest BCUT2D eigenvalue weighted by Gasteiger charge is -2.30. The number of rotatable bonds is 4. The van der Waals surface area contributed by atoms with Crippen LogP contribution in [0.25, 0.3) is 32.3 Å². The van der Waals surface area contributed by atoms with Gasteiger partial charge in [-0.25, -0.2) is 9.98 Å². The Balaban J connectivity index is 1.08. The van der Waals surface area contributed by atoms with E-state index in [1.54, 1.807) is 0 Å². The van der Waals surface area contributed by atoms with Gasteiger partial charge < -0.3 is 0 Å². The van der Waals surface area contributed by atoms with Crippen LogP contribution in [0.1, 0.15) is 22.3 Å². The third-order valence-electron chi connectivity index (χ3n) is 12.5. The van der Waals surface area contributed by atoms with Crippen LogP contribution in [0.15, 0.2) is 216 Å². The SMILES string of the molecule is c1ccc(N=C2c3ccccc3B(c3ccc4ccc5c(B6c7ccccc7C(=Nc7ccccc7)c7ccccc76)ccc6ccc3c4c65)c3ccccc32)cc1. The molecule has 0 fully saturated rings. The predicted octanol–water partition coefficient (Wildman–Crippen LogP) is 8.58. The molecule has 0 aromatic heterocycles. The molecule has 0 spiro atoms. The summed E-state index contributed by atoms with van der Waals surface area (Å²) in [5.41, 5.74) is 16.5. The van der Waals surface area contributed by atoms with E-state index in [2.05, 4.69) is 194 Å². The van der Waals surface area contributed by atoms with Crippen molar-refractivity contribution in [1.29, 1.82) is 0 Å². The molecule has 0 radical (unpaired) electrons. The fourth-order valence-electron chi connectivity index (χ4n) is 10.0. The monoisotopic (exact) mass is 732 g/mol. The molecule has 0 saturated carbocycles. The van der Waals surface area contributed by atoms with E-state index in [9.17, 15) is 0 Å². The highest BCUT2D eigenvalue weighted by Crippen LogP contribution is 2.34. The summed E-state index contributed by atoms with van der Waals surface area (Å²) < 4.78 is 0. The number of hydrogen-bond acceptors (Lipinski definition) is 2. The van der Waals surface area contributed by atoms with E-state index < -0.39 is 0 Å². The third kappa shape index (κ3) is 5.01. The molecular formula is C54H34B2N2. The zero-order chi connectivity index (χ0) is 38.2. The minimum absolute atomic E-state index is 0.0468. The fraction of sp³-hybridized carbons (Fsp3) is 0. The molecule has 0 atom stereocenters. The second kappa shape index (κ2) is 13.1. The number of para-hydroxylation sites is 2. The maximum atomic E-state index is 5.28. The second-order valence-electron chi connectivity index (χ2n) is 15.5. The van der Waals surface area contributed by atoms with Crippen molar-refractivity contribution in [2.24, 2.45) is 9.98 Å². The van der Waals surface area contributed by atoms with E-state index in [1.165, 1.54) is 87.3 Å². The maximum absolute atomic E-state index is 5.28. The van der Waals surface area contributed by atoms with Crippen LogP contribution in [-0.4, -0.2) is 24.8 Å². The van der Waals surface area contributed by atoms with Crippen LogP contribution in [0.5, 0.6) is 0 Å². The Morgan fingerprint density at radius 1 is 0.259 bits per heavy atom. The van der Waals surface area contributed by atoms with Gasteiger partial charge in [-0.1, -0.05) is 215 Å². The average molecular weight is 733 g/mol. The summed E-state index contributed by atoms with van der Waals surface area (Å²) in [6.07, 6.45) is 0. The Morgan fingerprint density at radius 3 is 0.931 bits per heavy atom. The molecule has 0 saturated heterocycles. The fourth-order valence-corrected chi connectivity index (χ4v) is 10.0. The van der Waals surface area contributed by atoms with Gasteiger partial charge in [-0.3, -0.25) is 0 Å². The van der Waals surface area contributed by atoms with E-state index >= 15 is 0 Å². The topological polar surface area (TPSA) is 24.7 Å². The summed E-state index contributed by atoms with van der Waals surface area (Å²) in [5.74, 6) is 0. The van der Waals surface area contributed by atoms with Crippen LogP contribution in [0.4, 0.5) is 11.4 Å². The zero-order valence-corrected chi connectivity index (χ0v) is 31.7. The van der Waals surface area contributed by atoms with Gasteiger partial charge >= 0.3 is 0 Å². The number of fused-ring (bicyclic) bond motifs is 4. The first-order valence-corrected chi connectivity index (χ1v) is 20.1. The van der Waals surface area contributed by atoms with Gasteiger partial charge in [0, 0.05) is 0 Å². The Bertz CT molecular complexity index is 2980. The first kappa shape index (κ1) is 32.9. The van der Waals surface area contributed by atoms with E-state index in [0.29, 0.717) is 0 Å². The molecule has 2 nitrogen and oxygen atoms in total. The maximum Gasteiger partial charge on any atom is 0.243 e. The predicted molar refractivity (Wildman–Crippen MR) is 249 cm³/mol. The quantitative estimate of drug-likeness (QED) is 0.128. The molecule has 10 aromatic rings. The van der Waals surface area contributed by atoms with Crippen molar-refractivity contribution in [3.8, 4) is 0 Å². The second-order valence-corrected chi connectivity index (χ2v) is 15.5. The minimum Gasteiger partial charge on any atom is -0.248 e. The van der Waals surface area contributed by atoms with Gasteiger partial charge in [-0.2, -0.15) is 0 Å². The van der Waals surface area contributed by atoms with Gasteiger partial charge in [0.05, 0.1) is 22.8 Å². The summed E-state index contributed by atoms with van der Waals surface area (Å²) in [6.45, 7) is 0.0937. The Hall–Kier alpha value is -7.29. The molecule has 4 heteroatoms. The van der Waals surface area contributed by atoms with Gasteiger partial charge in [-0.15, -0.1) is 0 Å². The lowest BCUT2D eigenvalue weighted by Crippen LogP contribution is -2.58. The Labute approximate surface area is 338 Å². The lowest BCUT2D eigenvalue weighted by atomic mass is 9.32. The van der Waals surface area contributed by atoms with E-state index in [-0.39, 0.29) is 13.4 Å². The molecule has 58 heavy (non-hydrogen) atoms. The molecule has 0 amide bonds. The first-order valence-electron chi connectivity index (χ1n) is 20.1. The van der Waals surface area contributed by atoms with Crippen molar-refractivity contribution in [1.82, 2.24) is 0 Å². The van der Waals surface area contributed by atoms with Crippen LogP contribution >= 0.6 is 0 Å². The van der Waals surface area contributed by atoms with Crippen molar-refractivity contribution in [2.75, 3.05) is 0 Å². The van der Waals surface area contributed by atoms with Crippen LogP contribution in [0.2, 0.25) is 0 Å². The van der Waals surface area contributed by atoms with Crippen molar-refractivity contribution in [2.45, 2.75) is 0 Å². The Kier molecular flexibility index (Phi) is 7.46. The molecule has 0 N–H and O–H groups in total. The minimum atomic E-state index is 0.0468. The Morgan fingerprint density at radius 2 is 0.569 bits per heavy atom. The number of hydrogen-bond donors (Lipinski definition) is 0. The van der Waals surface area contributed by atoms with Crippen molar-refractivity contribution in [3.05, 3.63) is 229 Å². The average Bonchev–Trinajstić information content (AvgIpc) is 3.29. The molecule has 10 aromatic carbocycles. The standard InChI is InChI=1S/C54H34B2N2/c1-3-15-37(16-4-1)57-53-41-19-7-11-23-45(41)55(46-24-12-8-20-42(46)53)49-33-29-35-28-32-40-50(34-30-36-27-31-39(49)51(35)52(36)40)56-47-25-13-9-21-43(47)54(44-22-10-14-26-48(44)56)58-38-17-5-2-6-18-38/h1-34H. The van der Waals surface area contributed by atoms with Gasteiger partial charge in [0.1, 0.15) is 0 Å². The van der Waals surface area contributed by atoms with Gasteiger partial charge in [0.15, 0.2) is 0 Å². The van der Waals surface area contributed by atoms with Crippen LogP contribution in [0, 0.1) is 0 Å². The molecule has 2 aliphatic rings. The first-order chi connectivity index (χ1) is 28.8. The lowest BCUT2D eigenvalue weighted by molar-refractivity contribution is 1.48. The molecule has 2 aliphatic heterocycles. The summed E-state index contributed by atoms with van der Waals surface area (Å²) in [5, 5.41) is 7.78. The van der Waals surface area contributed by atoms with Crippen molar-refractivity contribution < 1.29 is 0 Å². The summed E-state index contributed by atoms with van der Waals surface area (Å²) in [7, 11) is 0. The van der Waals surface area contributed by atoms with Crippen LogP contribution < -0.4 is 32.8 Å². The molecule has 0 aliphatic carbocycles. The summed E-state index contributed by atoms with van der Waals surface area (Å²) in [4.78, 5) is 10.6. The molecular weight excluding hydrogens is 698 g/mol. The molecule has 2 heterocycles.